The van der Waals surface area contributed by atoms with Gasteiger partial charge in [0.25, 0.3) is 0 Å². The van der Waals surface area contributed by atoms with E-state index in [1.165, 1.54) is 0 Å². The SMILES string of the molecule is CC(O)c1ccc(NC(=O)NCCC(N)=O)cc1. The molecule has 1 atom stereocenters. The highest BCUT2D eigenvalue weighted by Crippen LogP contribution is 2.15. The third-order valence-electron chi connectivity index (χ3n) is 2.31. The minimum absolute atomic E-state index is 0.106. The van der Waals surface area contributed by atoms with Gasteiger partial charge in [0.1, 0.15) is 0 Å². The molecule has 6 heteroatoms. The first-order valence-corrected chi connectivity index (χ1v) is 5.60. The van der Waals surface area contributed by atoms with Crippen molar-refractivity contribution in [1.29, 1.82) is 0 Å². The van der Waals surface area contributed by atoms with Crippen LogP contribution in [0.15, 0.2) is 24.3 Å². The number of hydrogen-bond donors (Lipinski definition) is 4. The van der Waals surface area contributed by atoms with Crippen LogP contribution in [0.5, 0.6) is 0 Å². The number of aliphatic hydroxyl groups is 1. The van der Waals surface area contributed by atoms with Crippen molar-refractivity contribution in [3.05, 3.63) is 29.8 Å². The van der Waals surface area contributed by atoms with Gasteiger partial charge in [-0.05, 0) is 24.6 Å². The lowest BCUT2D eigenvalue weighted by molar-refractivity contribution is -0.117. The Bertz CT molecular complexity index is 415. The standard InChI is InChI=1S/C12H17N3O3/c1-8(16)9-2-4-10(5-3-9)15-12(18)14-7-6-11(13)17/h2-5,8,16H,6-7H2,1H3,(H2,13,17)(H2,14,15,18). The van der Waals surface area contributed by atoms with E-state index >= 15 is 0 Å². The molecule has 3 amide bonds. The Balaban J connectivity index is 2.42. The third kappa shape index (κ3) is 4.84. The molecule has 1 unspecified atom stereocenters. The Morgan fingerprint density at radius 1 is 1.33 bits per heavy atom. The van der Waals surface area contributed by atoms with Crippen LogP contribution in [0.1, 0.15) is 25.0 Å². The van der Waals surface area contributed by atoms with Crippen LogP contribution in [0.2, 0.25) is 0 Å². The fourth-order valence-corrected chi connectivity index (χ4v) is 1.32. The number of nitrogens with one attached hydrogen (secondary N) is 2. The summed E-state index contributed by atoms with van der Waals surface area (Å²) in [6.45, 7) is 1.87. The number of carbonyl (C=O) groups excluding carboxylic acids is 2. The quantitative estimate of drug-likeness (QED) is 0.620. The van der Waals surface area contributed by atoms with Crippen LogP contribution in [0, 0.1) is 0 Å². The average molecular weight is 251 g/mol. The molecule has 0 bridgehead atoms. The molecule has 0 aliphatic carbocycles. The summed E-state index contributed by atoms with van der Waals surface area (Å²) in [5.74, 6) is -0.461. The predicted molar refractivity (Wildman–Crippen MR) is 67.9 cm³/mol. The molecule has 0 fully saturated rings. The van der Waals surface area contributed by atoms with Crippen molar-refractivity contribution < 1.29 is 14.7 Å². The fourth-order valence-electron chi connectivity index (χ4n) is 1.32. The highest BCUT2D eigenvalue weighted by Gasteiger charge is 2.03. The molecular formula is C12H17N3O3. The lowest BCUT2D eigenvalue weighted by atomic mass is 10.1. The molecular weight excluding hydrogens is 234 g/mol. The smallest absolute Gasteiger partial charge is 0.319 e. The summed E-state index contributed by atoms with van der Waals surface area (Å²) in [4.78, 5) is 21.9. The second-order valence-corrected chi connectivity index (χ2v) is 3.90. The van der Waals surface area contributed by atoms with Crippen molar-refractivity contribution in [3.63, 3.8) is 0 Å². The summed E-state index contributed by atoms with van der Waals surface area (Å²) in [7, 11) is 0. The van der Waals surface area contributed by atoms with Crippen LogP contribution in [-0.2, 0) is 4.79 Å². The van der Waals surface area contributed by atoms with Crippen LogP contribution in [-0.4, -0.2) is 23.6 Å². The van der Waals surface area contributed by atoms with Gasteiger partial charge in [0, 0.05) is 18.7 Å². The second-order valence-electron chi connectivity index (χ2n) is 3.90. The first-order valence-electron chi connectivity index (χ1n) is 5.60. The number of carbonyl (C=O) groups is 2. The molecule has 1 aromatic rings. The van der Waals surface area contributed by atoms with Crippen LogP contribution >= 0.6 is 0 Å². The molecule has 18 heavy (non-hydrogen) atoms. The van der Waals surface area contributed by atoms with E-state index in [2.05, 4.69) is 10.6 Å². The van der Waals surface area contributed by atoms with Crippen LogP contribution in [0.25, 0.3) is 0 Å². The van der Waals surface area contributed by atoms with Gasteiger partial charge in [0.2, 0.25) is 5.91 Å². The summed E-state index contributed by atoms with van der Waals surface area (Å²) < 4.78 is 0. The first-order chi connectivity index (χ1) is 8.49. The molecule has 0 aliphatic rings. The summed E-state index contributed by atoms with van der Waals surface area (Å²) in [6, 6.07) is 6.43. The van der Waals surface area contributed by atoms with E-state index in [9.17, 15) is 14.7 Å². The normalized spacial score (nSPS) is 11.7. The second kappa shape index (κ2) is 6.61. The minimum Gasteiger partial charge on any atom is -0.389 e. The molecule has 0 heterocycles. The van der Waals surface area contributed by atoms with Crippen molar-refractivity contribution in [2.75, 3.05) is 11.9 Å². The van der Waals surface area contributed by atoms with Gasteiger partial charge in [-0.1, -0.05) is 12.1 Å². The highest BCUT2D eigenvalue weighted by molar-refractivity contribution is 5.89. The zero-order valence-electron chi connectivity index (χ0n) is 10.1. The monoisotopic (exact) mass is 251 g/mol. The maximum Gasteiger partial charge on any atom is 0.319 e. The van der Waals surface area contributed by atoms with Gasteiger partial charge in [-0.15, -0.1) is 0 Å². The largest absolute Gasteiger partial charge is 0.389 e. The van der Waals surface area contributed by atoms with Gasteiger partial charge < -0.3 is 21.5 Å². The molecule has 0 saturated heterocycles. The Morgan fingerprint density at radius 3 is 2.44 bits per heavy atom. The van der Waals surface area contributed by atoms with Gasteiger partial charge in [-0.25, -0.2) is 4.79 Å². The van der Waals surface area contributed by atoms with E-state index in [4.69, 9.17) is 5.73 Å². The molecule has 5 N–H and O–H groups in total. The van der Waals surface area contributed by atoms with E-state index in [1.807, 2.05) is 0 Å². The highest BCUT2D eigenvalue weighted by atomic mass is 16.3. The van der Waals surface area contributed by atoms with E-state index in [0.717, 1.165) is 5.56 Å². The number of aliphatic hydroxyl groups excluding tert-OH is 1. The molecule has 98 valence electrons. The number of nitrogens with two attached hydrogens (primary N) is 1. The zero-order valence-corrected chi connectivity index (χ0v) is 10.1. The lowest BCUT2D eigenvalue weighted by Crippen LogP contribution is -2.31. The number of primary amides is 1. The van der Waals surface area contributed by atoms with Gasteiger partial charge in [0.15, 0.2) is 0 Å². The van der Waals surface area contributed by atoms with Gasteiger partial charge in [-0.2, -0.15) is 0 Å². The van der Waals surface area contributed by atoms with E-state index < -0.39 is 18.0 Å². The molecule has 0 aliphatic heterocycles. The Hall–Kier alpha value is -2.08. The van der Waals surface area contributed by atoms with Crippen molar-refractivity contribution in [1.82, 2.24) is 5.32 Å². The molecule has 0 saturated carbocycles. The van der Waals surface area contributed by atoms with Crippen LogP contribution in [0.3, 0.4) is 0 Å². The van der Waals surface area contributed by atoms with Crippen molar-refractivity contribution in [3.8, 4) is 0 Å². The Morgan fingerprint density at radius 2 is 1.94 bits per heavy atom. The summed E-state index contributed by atoms with van der Waals surface area (Å²) >= 11 is 0. The van der Waals surface area contributed by atoms with Crippen molar-refractivity contribution in [2.24, 2.45) is 5.73 Å². The number of amides is 3. The zero-order chi connectivity index (χ0) is 13.5. The maximum atomic E-state index is 11.4. The summed E-state index contributed by atoms with van der Waals surface area (Å²) in [5.41, 5.74) is 6.32. The lowest BCUT2D eigenvalue weighted by Gasteiger charge is -2.08. The van der Waals surface area contributed by atoms with E-state index in [-0.39, 0.29) is 13.0 Å². The van der Waals surface area contributed by atoms with Crippen LogP contribution < -0.4 is 16.4 Å². The minimum atomic E-state index is -0.538. The van der Waals surface area contributed by atoms with Crippen molar-refractivity contribution >= 4 is 17.6 Å². The molecule has 6 nitrogen and oxygen atoms in total. The summed E-state index contributed by atoms with van der Waals surface area (Å²) in [6.07, 6.45) is -0.433. The predicted octanol–water partition coefficient (Wildman–Crippen LogP) is 0.737. The molecule has 0 aromatic heterocycles. The topological polar surface area (TPSA) is 104 Å². The van der Waals surface area contributed by atoms with Gasteiger partial charge >= 0.3 is 6.03 Å². The Labute approximate surface area is 105 Å². The number of urea groups is 1. The van der Waals surface area contributed by atoms with E-state index in [1.54, 1.807) is 31.2 Å². The summed E-state index contributed by atoms with van der Waals surface area (Å²) in [5, 5.41) is 14.4. The Kier molecular flexibility index (Phi) is 5.13. The molecule has 0 radical (unpaired) electrons. The number of benzene rings is 1. The van der Waals surface area contributed by atoms with Crippen molar-refractivity contribution in [2.45, 2.75) is 19.4 Å². The molecule has 0 spiro atoms. The van der Waals surface area contributed by atoms with E-state index in [0.29, 0.717) is 5.69 Å². The first kappa shape index (κ1) is 14.0. The van der Waals surface area contributed by atoms with Gasteiger partial charge in [-0.3, -0.25) is 4.79 Å². The maximum absolute atomic E-state index is 11.4. The average Bonchev–Trinajstić information content (AvgIpc) is 2.29. The van der Waals surface area contributed by atoms with Gasteiger partial charge in [0.05, 0.1) is 6.10 Å². The molecule has 1 aromatic carbocycles. The number of anilines is 1. The molecule has 1 rings (SSSR count). The number of hydrogen-bond acceptors (Lipinski definition) is 3. The third-order valence-corrected chi connectivity index (χ3v) is 2.31. The fraction of sp³-hybridized carbons (Fsp3) is 0.333. The number of rotatable bonds is 5. The van der Waals surface area contributed by atoms with Crippen LogP contribution in [0.4, 0.5) is 10.5 Å².